The lowest BCUT2D eigenvalue weighted by Gasteiger charge is -2.10. The molecule has 2 aromatic heterocycles. The lowest BCUT2D eigenvalue weighted by molar-refractivity contribution is -0.141. The Labute approximate surface area is 447 Å². The average molecular weight is 1040 g/mol. The van der Waals surface area contributed by atoms with Gasteiger partial charge in [-0.15, -0.1) is 0 Å². The van der Waals surface area contributed by atoms with Gasteiger partial charge in [-0.3, -0.25) is 9.59 Å². The number of ketones is 2. The first kappa shape index (κ1) is 52.9. The molecule has 0 atom stereocenters. The number of nitrogens with zero attached hydrogens (tertiary/aromatic N) is 6. The van der Waals surface area contributed by atoms with E-state index >= 15 is 0 Å². The highest BCUT2D eigenvalue weighted by Gasteiger charge is 2.22. The van der Waals surface area contributed by atoms with Crippen LogP contribution in [0.4, 0.5) is 0 Å². The number of hydrogen-bond donors (Lipinski definition) is 0. The van der Waals surface area contributed by atoms with E-state index in [2.05, 4.69) is 29.8 Å². The molecule has 0 aliphatic heterocycles. The highest BCUT2D eigenvalue weighted by Crippen LogP contribution is 2.37. The van der Waals surface area contributed by atoms with Gasteiger partial charge in [0.2, 0.25) is 0 Å². The molecular formula is C62H52N6O10. The molecule has 78 heavy (non-hydrogen) atoms. The Kier molecular flexibility index (Phi) is 15.2. The first-order valence-electron chi connectivity index (χ1n) is 25.0. The third-order valence-corrected chi connectivity index (χ3v) is 13.1. The molecule has 0 spiro atoms. The quantitative estimate of drug-likeness (QED) is 0.0388. The standard InChI is InChI=1S/C62H52N6O10/c1-9-55(65-77-39(7)71)43-18-26-57-51(31-43)53-33-47(20-28-59(53)67(57)49-22-14-41(15-23-49)35(3)63-75-37(5)69)61(73)45-12-11-13-46(30-45)62(74)48-21-29-60-54(34-48)52-32-44(56(10-2)66-78-40(8)72)19-27-58(52)68(60)50-24-16-42(17-25-50)36(4)64-76-38(6)70/h11-34H,9-10H2,1-8H3/b63-35+,64-36+,65-55?,66-56?. The molecule has 9 rings (SSSR count). The Hall–Kier alpha value is -9.96. The minimum atomic E-state index is -0.541. The second-order valence-electron chi connectivity index (χ2n) is 18.4. The van der Waals surface area contributed by atoms with Crippen LogP contribution in [0.1, 0.15) is 122 Å². The van der Waals surface area contributed by atoms with Crippen LogP contribution in [0, 0.1) is 0 Å². The summed E-state index contributed by atoms with van der Waals surface area (Å²) in [5, 5.41) is 19.3. The predicted molar refractivity (Wildman–Crippen MR) is 300 cm³/mol. The van der Waals surface area contributed by atoms with Crippen molar-refractivity contribution >= 4 is 102 Å². The maximum Gasteiger partial charge on any atom is 0.331 e. The minimum Gasteiger partial charge on any atom is -0.318 e. The number of aromatic nitrogens is 2. The largest absolute Gasteiger partial charge is 0.331 e. The number of benzene rings is 7. The molecule has 7 aromatic carbocycles. The maximum atomic E-state index is 14.7. The molecule has 0 aliphatic rings. The van der Waals surface area contributed by atoms with Crippen LogP contribution in [0.15, 0.2) is 166 Å². The van der Waals surface area contributed by atoms with Crippen LogP contribution in [-0.4, -0.2) is 67.4 Å². The van der Waals surface area contributed by atoms with Crippen LogP contribution in [0.3, 0.4) is 0 Å². The van der Waals surface area contributed by atoms with E-state index in [1.807, 2.05) is 123 Å². The van der Waals surface area contributed by atoms with Gasteiger partial charge in [-0.05, 0) is 129 Å². The van der Waals surface area contributed by atoms with E-state index in [1.165, 1.54) is 27.7 Å². The third-order valence-electron chi connectivity index (χ3n) is 13.1. The Morgan fingerprint density at radius 3 is 0.949 bits per heavy atom. The van der Waals surface area contributed by atoms with Gasteiger partial charge >= 0.3 is 23.9 Å². The van der Waals surface area contributed by atoms with Gasteiger partial charge in [0.1, 0.15) is 0 Å². The van der Waals surface area contributed by atoms with E-state index in [0.29, 0.717) is 57.9 Å². The number of carbonyl (C=O) groups is 6. The summed E-state index contributed by atoms with van der Waals surface area (Å²) < 4.78 is 4.16. The smallest absolute Gasteiger partial charge is 0.318 e. The summed E-state index contributed by atoms with van der Waals surface area (Å²) in [6, 6.07) is 44.6. The second-order valence-corrected chi connectivity index (χ2v) is 18.4. The van der Waals surface area contributed by atoms with Crippen LogP contribution in [-0.2, 0) is 38.5 Å². The topological polar surface area (TPSA) is 199 Å². The van der Waals surface area contributed by atoms with Crippen LogP contribution >= 0.6 is 0 Å². The van der Waals surface area contributed by atoms with Crippen LogP contribution in [0.5, 0.6) is 0 Å². The van der Waals surface area contributed by atoms with E-state index in [0.717, 1.165) is 77.2 Å². The first-order valence-corrected chi connectivity index (χ1v) is 25.0. The van der Waals surface area contributed by atoms with Crippen molar-refractivity contribution in [2.45, 2.75) is 68.2 Å². The summed E-state index contributed by atoms with van der Waals surface area (Å²) >= 11 is 0. The molecular weight excluding hydrogens is 989 g/mol. The molecule has 0 radical (unpaired) electrons. The summed E-state index contributed by atoms with van der Waals surface area (Å²) in [5.74, 6) is -2.72. The molecule has 0 saturated carbocycles. The molecule has 390 valence electrons. The predicted octanol–water partition coefficient (Wildman–Crippen LogP) is 12.3. The second kappa shape index (κ2) is 22.5. The molecule has 0 saturated heterocycles. The van der Waals surface area contributed by atoms with Crippen LogP contribution in [0.25, 0.3) is 55.0 Å². The van der Waals surface area contributed by atoms with Gasteiger partial charge in [-0.1, -0.05) is 89.1 Å². The van der Waals surface area contributed by atoms with E-state index in [-0.39, 0.29) is 11.6 Å². The SMILES string of the molecule is CCC(=NOC(C)=O)c1ccc2c(c1)c1cc(C(=O)c3cccc(C(=O)c4ccc5c(c4)c4cc(C(CC)=NOC(C)=O)ccc4n5-c4ccc(/C(C)=N/OC(C)=O)cc4)c3)ccc1n2-c1ccc(/C(C)=N/OC(C)=O)cc1. The number of carbonyl (C=O) groups excluding carboxylic acids is 6. The zero-order valence-corrected chi connectivity index (χ0v) is 44.0. The Morgan fingerprint density at radius 1 is 0.346 bits per heavy atom. The monoisotopic (exact) mass is 1040 g/mol. The average Bonchev–Trinajstić information content (AvgIpc) is 4.14. The zero-order chi connectivity index (χ0) is 55.4. The first-order chi connectivity index (χ1) is 37.5. The van der Waals surface area contributed by atoms with Gasteiger partial charge in [0, 0.05) is 94.0 Å². The molecule has 16 heteroatoms. The molecule has 0 amide bonds. The summed E-state index contributed by atoms with van der Waals surface area (Å²) in [4.78, 5) is 95.5. The molecule has 0 fully saturated rings. The summed E-state index contributed by atoms with van der Waals surface area (Å²) in [7, 11) is 0. The summed E-state index contributed by atoms with van der Waals surface area (Å²) in [5.41, 5.74) is 11.5. The van der Waals surface area contributed by atoms with Gasteiger partial charge in [-0.25, -0.2) is 19.2 Å². The van der Waals surface area contributed by atoms with Crippen molar-refractivity contribution in [3.8, 4) is 11.4 Å². The van der Waals surface area contributed by atoms with Crippen molar-refractivity contribution in [2.75, 3.05) is 0 Å². The van der Waals surface area contributed by atoms with Crippen LogP contribution in [0.2, 0.25) is 0 Å². The molecule has 16 nitrogen and oxygen atoms in total. The van der Waals surface area contributed by atoms with Gasteiger partial charge in [-0.2, -0.15) is 0 Å². The summed E-state index contributed by atoms with van der Waals surface area (Å²) in [6.45, 7) is 12.5. The van der Waals surface area contributed by atoms with Crippen LogP contribution < -0.4 is 0 Å². The zero-order valence-electron chi connectivity index (χ0n) is 44.0. The summed E-state index contributed by atoms with van der Waals surface area (Å²) in [6.07, 6.45) is 0.954. The van der Waals surface area contributed by atoms with Crippen molar-refractivity contribution < 1.29 is 48.1 Å². The highest BCUT2D eigenvalue weighted by atomic mass is 16.7. The molecule has 9 aromatic rings. The Morgan fingerprint density at radius 2 is 0.628 bits per heavy atom. The van der Waals surface area contributed by atoms with E-state index in [4.69, 9.17) is 19.4 Å². The van der Waals surface area contributed by atoms with Crippen molar-refractivity contribution in [3.63, 3.8) is 0 Å². The number of fused-ring (bicyclic) bond motifs is 6. The fourth-order valence-electron chi connectivity index (χ4n) is 9.34. The number of hydrogen-bond acceptors (Lipinski definition) is 14. The van der Waals surface area contributed by atoms with Gasteiger partial charge in [0.25, 0.3) is 0 Å². The third kappa shape index (κ3) is 10.9. The molecule has 0 bridgehead atoms. The van der Waals surface area contributed by atoms with Crippen molar-refractivity contribution in [3.05, 3.63) is 190 Å². The normalized spacial score (nSPS) is 12.3. The fraction of sp³-hybridized carbons (Fsp3) is 0.161. The van der Waals surface area contributed by atoms with Crippen molar-refractivity contribution in [2.24, 2.45) is 20.6 Å². The Balaban J connectivity index is 1.10. The van der Waals surface area contributed by atoms with Crippen molar-refractivity contribution in [1.29, 1.82) is 0 Å². The van der Waals surface area contributed by atoms with Gasteiger partial charge in [0.15, 0.2) is 11.6 Å². The maximum absolute atomic E-state index is 14.7. The van der Waals surface area contributed by atoms with E-state index in [1.54, 1.807) is 50.2 Å². The van der Waals surface area contributed by atoms with Crippen molar-refractivity contribution in [1.82, 2.24) is 9.13 Å². The van der Waals surface area contributed by atoms with E-state index < -0.39 is 23.9 Å². The lowest BCUT2D eigenvalue weighted by atomic mass is 9.96. The van der Waals surface area contributed by atoms with Gasteiger partial charge < -0.3 is 28.5 Å². The molecule has 0 N–H and O–H groups in total. The highest BCUT2D eigenvalue weighted by molar-refractivity contribution is 6.19. The number of oxime groups is 4. The molecule has 2 heterocycles. The molecule has 0 unspecified atom stereocenters. The molecule has 0 aliphatic carbocycles. The van der Waals surface area contributed by atoms with Gasteiger partial charge in [0.05, 0.1) is 44.9 Å². The van der Waals surface area contributed by atoms with E-state index in [9.17, 15) is 28.8 Å². The minimum absolute atomic E-state index is 0.298. The Bertz CT molecular complexity index is 3810. The lowest BCUT2D eigenvalue weighted by Crippen LogP contribution is -2.06. The fourth-order valence-corrected chi connectivity index (χ4v) is 9.34. The number of rotatable bonds is 16.